The molecule has 35 heavy (non-hydrogen) atoms. The Morgan fingerprint density at radius 1 is 1.11 bits per heavy atom. The third kappa shape index (κ3) is 3.70. The van der Waals surface area contributed by atoms with Crippen molar-refractivity contribution in [2.24, 2.45) is 33.7 Å². The molecule has 3 saturated carbocycles. The molecule has 1 saturated heterocycles. The van der Waals surface area contributed by atoms with Gasteiger partial charge in [0.15, 0.2) is 0 Å². The smallest absolute Gasteiger partial charge is 0.373 e. The Bertz CT molecular complexity index is 1040. The third-order valence-electron chi connectivity index (χ3n) is 9.93. The number of rotatable bonds is 4. The first-order chi connectivity index (χ1) is 16.6. The van der Waals surface area contributed by atoms with Gasteiger partial charge in [0.25, 0.3) is 11.8 Å². The Hall–Kier alpha value is -2.66. The van der Waals surface area contributed by atoms with E-state index in [1.807, 2.05) is 0 Å². The number of terminal acetylenes is 1. The second kappa shape index (κ2) is 8.48. The van der Waals surface area contributed by atoms with Crippen molar-refractivity contribution in [1.29, 1.82) is 0 Å². The van der Waals surface area contributed by atoms with Crippen LogP contribution in [0.15, 0.2) is 16.8 Å². The summed E-state index contributed by atoms with van der Waals surface area (Å²) in [5.41, 5.74) is 1.08. The fourth-order valence-corrected chi connectivity index (χ4v) is 7.85. The number of nitrogens with zero attached hydrogens (tertiary/aromatic N) is 2. The Kier molecular flexibility index (Phi) is 5.83. The first-order valence-electron chi connectivity index (χ1n) is 12.8. The van der Waals surface area contributed by atoms with Gasteiger partial charge in [-0.25, -0.2) is 4.79 Å². The molecule has 0 spiro atoms. The van der Waals surface area contributed by atoms with Crippen LogP contribution < -0.4 is 0 Å². The molecule has 1 aliphatic heterocycles. The number of oxime groups is 1. The average molecular weight is 483 g/mol. The van der Waals surface area contributed by atoms with E-state index < -0.39 is 30.0 Å². The number of carbonyl (C=O) groups excluding carboxylic acids is 3. The summed E-state index contributed by atoms with van der Waals surface area (Å²) in [4.78, 5) is 45.1. The maximum absolute atomic E-state index is 11.9. The monoisotopic (exact) mass is 482 g/mol. The lowest BCUT2D eigenvalue weighted by Crippen LogP contribution is -2.54. The predicted molar refractivity (Wildman–Crippen MR) is 126 cm³/mol. The second-order valence-corrected chi connectivity index (χ2v) is 11.4. The van der Waals surface area contributed by atoms with Gasteiger partial charge >= 0.3 is 5.97 Å². The second-order valence-electron chi connectivity index (χ2n) is 11.4. The molecule has 0 aromatic heterocycles. The maximum Gasteiger partial charge on any atom is 0.373 e. The molecule has 5 aliphatic rings. The number of allylic oxidation sites excluding steroid dienone is 2. The lowest BCUT2D eigenvalue weighted by molar-refractivity contribution is -0.200. The van der Waals surface area contributed by atoms with Gasteiger partial charge in [0.1, 0.15) is 5.60 Å². The quantitative estimate of drug-likeness (QED) is 0.375. The summed E-state index contributed by atoms with van der Waals surface area (Å²) in [6, 6.07) is 0. The summed E-state index contributed by atoms with van der Waals surface area (Å²) in [5, 5.41) is 15.8. The van der Waals surface area contributed by atoms with Gasteiger partial charge in [-0.1, -0.05) is 30.5 Å². The molecule has 4 fully saturated rings. The van der Waals surface area contributed by atoms with E-state index in [2.05, 4.69) is 31.0 Å². The van der Waals surface area contributed by atoms with Crippen molar-refractivity contribution in [1.82, 2.24) is 5.06 Å². The van der Waals surface area contributed by atoms with E-state index in [1.165, 1.54) is 5.57 Å². The summed E-state index contributed by atoms with van der Waals surface area (Å²) in [6.45, 7) is 4.11. The van der Waals surface area contributed by atoms with Crippen molar-refractivity contribution in [3.63, 3.8) is 0 Å². The molecule has 0 bridgehead atoms. The Morgan fingerprint density at radius 3 is 2.54 bits per heavy atom. The number of carbonyl (C=O) groups is 3. The number of fused-ring (bicyclic) bond motifs is 5. The highest BCUT2D eigenvalue weighted by molar-refractivity contribution is 6.01. The zero-order valence-electron chi connectivity index (χ0n) is 20.5. The van der Waals surface area contributed by atoms with Crippen LogP contribution in [0.4, 0.5) is 0 Å². The Morgan fingerprint density at radius 2 is 1.83 bits per heavy atom. The van der Waals surface area contributed by atoms with Gasteiger partial charge in [-0.3, -0.25) is 9.59 Å². The van der Waals surface area contributed by atoms with Gasteiger partial charge in [0.05, 0.1) is 5.71 Å². The largest absolute Gasteiger partial charge is 0.383 e. The van der Waals surface area contributed by atoms with Crippen molar-refractivity contribution in [2.75, 3.05) is 6.61 Å². The van der Waals surface area contributed by atoms with Crippen molar-refractivity contribution >= 4 is 23.5 Å². The van der Waals surface area contributed by atoms with E-state index in [1.54, 1.807) is 0 Å². The third-order valence-corrected chi connectivity index (χ3v) is 9.93. The molecule has 0 aromatic carbocycles. The SMILES string of the molecule is C#C[C@@]1(O)CC[C@@H]2[C@@H]3CCC4=C/C(=N\OCC(=O)ON5C(=O)CCC5=O)CC[C@]4(C)[C@H]3CC[C@@]21C. The first-order valence-corrected chi connectivity index (χ1v) is 12.8. The van der Waals surface area contributed by atoms with E-state index in [0.29, 0.717) is 29.2 Å². The molecule has 6 atom stereocenters. The molecule has 1 N–H and O–H groups in total. The summed E-state index contributed by atoms with van der Waals surface area (Å²) < 4.78 is 0. The average Bonchev–Trinajstić information content (AvgIpc) is 3.29. The van der Waals surface area contributed by atoms with E-state index in [4.69, 9.17) is 16.1 Å². The minimum absolute atomic E-state index is 0.0498. The lowest BCUT2D eigenvalue weighted by Gasteiger charge is -2.58. The fraction of sp³-hybridized carbons (Fsp3) is 0.704. The van der Waals surface area contributed by atoms with Crippen LogP contribution in [0.5, 0.6) is 0 Å². The number of amides is 2. The van der Waals surface area contributed by atoms with Gasteiger partial charge in [-0.15, -0.1) is 11.5 Å². The molecule has 0 unspecified atom stereocenters. The molecule has 5 rings (SSSR count). The van der Waals surface area contributed by atoms with Crippen molar-refractivity contribution in [3.8, 4) is 12.3 Å². The predicted octanol–water partition coefficient (Wildman–Crippen LogP) is 3.29. The number of hydroxylamine groups is 2. The van der Waals surface area contributed by atoms with Gasteiger partial charge in [0, 0.05) is 18.3 Å². The first kappa shape index (κ1) is 24.1. The standard InChI is InChI=1S/C27H34N2O6/c1-4-27(33)14-11-21-19-6-5-17-15-18(9-12-25(17,2)20(19)10-13-26(21,27)3)28-34-16-24(32)35-29-22(30)7-8-23(29)31/h1,15,19-21,33H,5-14,16H2,2-3H3/b28-18-/t19-,20+,21-,25+,26+,27-/m1/s1. The normalized spacial score (nSPS) is 41.5. The van der Waals surface area contributed by atoms with Crippen LogP contribution in [-0.2, 0) is 24.1 Å². The van der Waals surface area contributed by atoms with Crippen LogP contribution in [0.1, 0.15) is 78.1 Å². The Balaban J connectivity index is 1.23. The molecule has 2 amide bonds. The summed E-state index contributed by atoms with van der Waals surface area (Å²) in [5.74, 6) is 2.46. The summed E-state index contributed by atoms with van der Waals surface area (Å²) >= 11 is 0. The molecule has 8 heteroatoms. The number of hydrogen-bond donors (Lipinski definition) is 1. The van der Waals surface area contributed by atoms with E-state index >= 15 is 0 Å². The zero-order chi connectivity index (χ0) is 25.0. The minimum Gasteiger partial charge on any atom is -0.383 e. The summed E-state index contributed by atoms with van der Waals surface area (Å²) in [7, 11) is 0. The van der Waals surface area contributed by atoms with Crippen LogP contribution >= 0.6 is 0 Å². The van der Waals surface area contributed by atoms with Gasteiger partial charge in [-0.05, 0) is 80.6 Å². The highest BCUT2D eigenvalue weighted by Gasteiger charge is 2.63. The molecule has 8 nitrogen and oxygen atoms in total. The van der Waals surface area contributed by atoms with Crippen LogP contribution in [0.3, 0.4) is 0 Å². The highest BCUT2D eigenvalue weighted by Crippen LogP contribution is 2.67. The molecular weight excluding hydrogens is 448 g/mol. The van der Waals surface area contributed by atoms with Gasteiger partial charge < -0.3 is 14.8 Å². The topological polar surface area (TPSA) is 106 Å². The molecule has 4 aliphatic carbocycles. The van der Waals surface area contributed by atoms with Gasteiger partial charge in [0.2, 0.25) is 6.61 Å². The zero-order valence-corrected chi connectivity index (χ0v) is 20.5. The highest BCUT2D eigenvalue weighted by atomic mass is 16.7. The fourth-order valence-electron chi connectivity index (χ4n) is 7.85. The van der Waals surface area contributed by atoms with E-state index in [0.717, 1.165) is 50.7 Å². The summed E-state index contributed by atoms with van der Waals surface area (Å²) in [6.07, 6.45) is 15.5. The van der Waals surface area contributed by atoms with Crippen LogP contribution in [0.25, 0.3) is 0 Å². The molecule has 188 valence electrons. The van der Waals surface area contributed by atoms with Crippen LogP contribution in [-0.4, -0.2) is 45.9 Å². The van der Waals surface area contributed by atoms with E-state index in [-0.39, 0.29) is 23.7 Å². The van der Waals surface area contributed by atoms with E-state index in [9.17, 15) is 19.5 Å². The molecule has 0 radical (unpaired) electrons. The van der Waals surface area contributed by atoms with Crippen molar-refractivity contribution < 1.29 is 29.2 Å². The maximum atomic E-state index is 11.9. The van der Waals surface area contributed by atoms with Crippen LogP contribution in [0.2, 0.25) is 0 Å². The molecule has 0 aromatic rings. The van der Waals surface area contributed by atoms with Gasteiger partial charge in [-0.2, -0.15) is 0 Å². The number of hydrogen-bond acceptors (Lipinski definition) is 7. The number of imide groups is 1. The molecule has 1 heterocycles. The number of aliphatic hydroxyl groups is 1. The van der Waals surface area contributed by atoms with Crippen LogP contribution in [0, 0.1) is 40.9 Å². The minimum atomic E-state index is -0.986. The lowest BCUT2D eigenvalue weighted by atomic mass is 9.46. The molecular formula is C27H34N2O6. The van der Waals surface area contributed by atoms with Crippen molar-refractivity contribution in [2.45, 2.75) is 83.7 Å². The van der Waals surface area contributed by atoms with Crippen molar-refractivity contribution in [3.05, 3.63) is 11.6 Å². The Labute approximate surface area is 206 Å².